The molecule has 9 heteroatoms. The molecule has 3 aromatic rings. The maximum absolute atomic E-state index is 13.9. The molecule has 0 aliphatic carbocycles. The Bertz CT molecular complexity index is 1220. The summed E-state index contributed by atoms with van der Waals surface area (Å²) in [5.41, 5.74) is 6.54. The molecular formula is C28H38N4O5. The van der Waals surface area contributed by atoms with Crippen molar-refractivity contribution in [3.63, 3.8) is 0 Å². The summed E-state index contributed by atoms with van der Waals surface area (Å²) in [7, 11) is 4.69. The first-order valence-corrected chi connectivity index (χ1v) is 12.7. The highest BCUT2D eigenvalue weighted by Crippen LogP contribution is 2.27. The van der Waals surface area contributed by atoms with Crippen LogP contribution in [0.2, 0.25) is 0 Å². The number of carbonyl (C=O) groups is 1. The number of nitrogens with zero attached hydrogens (tertiary/aromatic N) is 3. The first kappa shape index (κ1) is 28.1. The van der Waals surface area contributed by atoms with Gasteiger partial charge in [0.25, 0.3) is 11.5 Å². The Kier molecular flexibility index (Phi) is 10.5. The van der Waals surface area contributed by atoms with Crippen LogP contribution in [-0.2, 0) is 11.3 Å². The molecule has 200 valence electrons. The third-order valence-corrected chi connectivity index (χ3v) is 6.46. The zero-order valence-corrected chi connectivity index (χ0v) is 22.2. The molecular weight excluding hydrogens is 472 g/mol. The lowest BCUT2D eigenvalue weighted by atomic mass is 10.1. The Balaban J connectivity index is 2.06. The number of amides is 1. The van der Waals surface area contributed by atoms with Crippen molar-refractivity contribution in [1.29, 1.82) is 0 Å². The second-order valence-electron chi connectivity index (χ2n) is 8.92. The molecule has 3 rings (SSSR count). The van der Waals surface area contributed by atoms with E-state index in [1.54, 1.807) is 55.1 Å². The number of aromatic nitrogens is 2. The molecule has 0 bridgehead atoms. The van der Waals surface area contributed by atoms with E-state index < -0.39 is 6.04 Å². The van der Waals surface area contributed by atoms with Crippen LogP contribution in [0.1, 0.15) is 54.8 Å². The summed E-state index contributed by atoms with van der Waals surface area (Å²) in [6.45, 7) is 3.74. The topological polar surface area (TPSA) is 109 Å². The minimum Gasteiger partial charge on any atom is -0.497 e. The highest BCUT2D eigenvalue weighted by atomic mass is 16.5. The Morgan fingerprint density at radius 2 is 1.70 bits per heavy atom. The summed E-state index contributed by atoms with van der Waals surface area (Å²) < 4.78 is 17.7. The summed E-state index contributed by atoms with van der Waals surface area (Å²) in [5, 5.41) is 0.534. The molecule has 1 unspecified atom stereocenters. The van der Waals surface area contributed by atoms with E-state index >= 15 is 0 Å². The Labute approximate surface area is 218 Å². The normalized spacial score (nSPS) is 11.9. The minimum absolute atomic E-state index is 0.150. The molecule has 37 heavy (non-hydrogen) atoms. The third-order valence-electron chi connectivity index (χ3n) is 6.46. The van der Waals surface area contributed by atoms with Gasteiger partial charge in [-0.05, 0) is 50.6 Å². The number of fused-ring (bicyclic) bond motifs is 1. The molecule has 0 aliphatic heterocycles. The predicted molar refractivity (Wildman–Crippen MR) is 144 cm³/mol. The van der Waals surface area contributed by atoms with Crippen LogP contribution in [0.3, 0.4) is 0 Å². The number of unbranched alkanes of at least 4 members (excludes halogenated alkanes) is 3. The van der Waals surface area contributed by atoms with Crippen molar-refractivity contribution in [3.8, 4) is 11.5 Å². The van der Waals surface area contributed by atoms with Gasteiger partial charge in [0.2, 0.25) is 0 Å². The summed E-state index contributed by atoms with van der Waals surface area (Å²) in [6.07, 6.45) is 3.68. The zero-order valence-electron chi connectivity index (χ0n) is 22.2. The van der Waals surface area contributed by atoms with E-state index in [1.165, 1.54) is 0 Å². The fourth-order valence-corrected chi connectivity index (χ4v) is 4.39. The van der Waals surface area contributed by atoms with E-state index in [1.807, 2.05) is 25.1 Å². The molecule has 0 spiro atoms. The van der Waals surface area contributed by atoms with Gasteiger partial charge in [-0.2, -0.15) is 0 Å². The Morgan fingerprint density at radius 1 is 1.03 bits per heavy atom. The van der Waals surface area contributed by atoms with E-state index in [4.69, 9.17) is 24.9 Å². The van der Waals surface area contributed by atoms with Crippen molar-refractivity contribution in [1.82, 2.24) is 14.5 Å². The summed E-state index contributed by atoms with van der Waals surface area (Å²) in [5.74, 6) is 1.38. The van der Waals surface area contributed by atoms with Gasteiger partial charge in [-0.15, -0.1) is 0 Å². The molecule has 1 aromatic heterocycles. The van der Waals surface area contributed by atoms with Gasteiger partial charge in [0.05, 0.1) is 44.3 Å². The van der Waals surface area contributed by atoms with Crippen molar-refractivity contribution in [2.75, 3.05) is 41.0 Å². The molecule has 0 fully saturated rings. The van der Waals surface area contributed by atoms with Gasteiger partial charge in [0, 0.05) is 25.3 Å². The molecule has 9 nitrogen and oxygen atoms in total. The van der Waals surface area contributed by atoms with E-state index in [0.717, 1.165) is 25.7 Å². The van der Waals surface area contributed by atoms with Crippen LogP contribution >= 0.6 is 0 Å². The molecule has 1 heterocycles. The van der Waals surface area contributed by atoms with Crippen LogP contribution in [-0.4, -0.2) is 61.4 Å². The number of carbonyl (C=O) groups excluding carboxylic acids is 1. The van der Waals surface area contributed by atoms with Gasteiger partial charge in [-0.1, -0.05) is 25.0 Å². The smallest absolute Gasteiger partial charge is 0.261 e. The van der Waals surface area contributed by atoms with Crippen molar-refractivity contribution >= 4 is 16.8 Å². The van der Waals surface area contributed by atoms with Gasteiger partial charge in [0.15, 0.2) is 0 Å². The van der Waals surface area contributed by atoms with Gasteiger partial charge >= 0.3 is 0 Å². The maximum atomic E-state index is 13.9. The summed E-state index contributed by atoms with van der Waals surface area (Å²) >= 11 is 0. The lowest BCUT2D eigenvalue weighted by Crippen LogP contribution is -2.39. The van der Waals surface area contributed by atoms with Crippen LogP contribution < -0.4 is 20.8 Å². The fraction of sp³-hybridized carbons (Fsp3) is 0.464. The summed E-state index contributed by atoms with van der Waals surface area (Å²) in [4.78, 5) is 34.0. The molecule has 1 atom stereocenters. The molecule has 0 saturated carbocycles. The minimum atomic E-state index is -0.478. The zero-order chi connectivity index (χ0) is 26.8. The first-order chi connectivity index (χ1) is 17.9. The monoisotopic (exact) mass is 510 g/mol. The molecule has 0 radical (unpaired) electrons. The number of hydrogen-bond acceptors (Lipinski definition) is 7. The highest BCUT2D eigenvalue weighted by molar-refractivity contribution is 5.95. The highest BCUT2D eigenvalue weighted by Gasteiger charge is 2.27. The van der Waals surface area contributed by atoms with Crippen molar-refractivity contribution < 1.29 is 19.0 Å². The number of benzene rings is 2. The SMILES string of the molecule is COCCn1c(C(C)N(CCCCCCN)C(=O)c2cc(OC)cc(OC)c2)nc2ccccc2c1=O. The predicted octanol–water partition coefficient (Wildman–Crippen LogP) is 3.78. The van der Waals surface area contributed by atoms with Crippen LogP contribution in [0.4, 0.5) is 0 Å². The number of rotatable bonds is 14. The summed E-state index contributed by atoms with van der Waals surface area (Å²) in [6, 6.07) is 11.9. The Morgan fingerprint density at radius 3 is 2.35 bits per heavy atom. The lowest BCUT2D eigenvalue weighted by Gasteiger charge is -2.31. The molecule has 2 aromatic carbocycles. The maximum Gasteiger partial charge on any atom is 0.261 e. The largest absolute Gasteiger partial charge is 0.497 e. The van der Waals surface area contributed by atoms with E-state index in [9.17, 15) is 9.59 Å². The average molecular weight is 511 g/mol. The first-order valence-electron chi connectivity index (χ1n) is 12.7. The van der Waals surface area contributed by atoms with Gasteiger partial charge in [0.1, 0.15) is 17.3 Å². The third kappa shape index (κ3) is 6.87. The second-order valence-corrected chi connectivity index (χ2v) is 8.92. The Hall–Kier alpha value is -3.43. The van der Waals surface area contributed by atoms with Crippen LogP contribution in [0, 0.1) is 0 Å². The molecule has 0 saturated heterocycles. The fourth-order valence-electron chi connectivity index (χ4n) is 4.39. The number of para-hydroxylation sites is 1. The van der Waals surface area contributed by atoms with E-state index in [0.29, 0.717) is 60.0 Å². The van der Waals surface area contributed by atoms with Crippen LogP contribution in [0.15, 0.2) is 47.3 Å². The number of methoxy groups -OCH3 is 3. The second kappa shape index (κ2) is 13.8. The molecule has 2 N–H and O–H groups in total. The lowest BCUT2D eigenvalue weighted by molar-refractivity contribution is 0.0672. The van der Waals surface area contributed by atoms with Gasteiger partial charge in [-0.25, -0.2) is 4.98 Å². The average Bonchev–Trinajstić information content (AvgIpc) is 2.93. The molecule has 1 amide bonds. The van der Waals surface area contributed by atoms with E-state index in [2.05, 4.69) is 0 Å². The van der Waals surface area contributed by atoms with E-state index in [-0.39, 0.29) is 11.5 Å². The van der Waals surface area contributed by atoms with Gasteiger partial charge < -0.3 is 24.8 Å². The quantitative estimate of drug-likeness (QED) is 0.329. The van der Waals surface area contributed by atoms with Crippen LogP contribution in [0.25, 0.3) is 10.9 Å². The number of nitrogens with two attached hydrogens (primary N) is 1. The van der Waals surface area contributed by atoms with Crippen molar-refractivity contribution in [3.05, 3.63) is 64.2 Å². The standard InChI is InChI=1S/C28H38N4O5/c1-20(26-30-25-12-8-7-11-24(25)28(34)32(26)15-16-35-2)31(14-10-6-5-9-13-29)27(33)21-17-22(36-3)19-23(18-21)37-4/h7-8,11-12,17-20H,5-6,9-10,13-16,29H2,1-4H3. The molecule has 0 aliphatic rings. The number of hydrogen-bond donors (Lipinski definition) is 1. The number of ether oxygens (including phenoxy) is 3. The van der Waals surface area contributed by atoms with Crippen molar-refractivity contribution in [2.24, 2.45) is 5.73 Å². The van der Waals surface area contributed by atoms with Crippen molar-refractivity contribution in [2.45, 2.75) is 45.2 Å². The van der Waals surface area contributed by atoms with Crippen LogP contribution in [0.5, 0.6) is 11.5 Å². The van der Waals surface area contributed by atoms with Gasteiger partial charge in [-0.3, -0.25) is 14.2 Å².